The van der Waals surface area contributed by atoms with Crippen molar-refractivity contribution in [2.75, 3.05) is 7.05 Å². The zero-order valence-electron chi connectivity index (χ0n) is 10.3. The van der Waals surface area contributed by atoms with Crippen molar-refractivity contribution in [1.29, 1.82) is 0 Å². The van der Waals surface area contributed by atoms with Gasteiger partial charge in [0.15, 0.2) is 0 Å². The van der Waals surface area contributed by atoms with Crippen LogP contribution in [0.1, 0.15) is 29.6 Å². The summed E-state index contributed by atoms with van der Waals surface area (Å²) in [6.45, 7) is 0. The lowest BCUT2D eigenvalue weighted by atomic mass is 9.94. The van der Waals surface area contributed by atoms with Crippen molar-refractivity contribution in [2.45, 2.75) is 30.2 Å². The minimum Gasteiger partial charge on any atom is -0.478 e. The predicted molar refractivity (Wildman–Crippen MR) is 71.0 cm³/mol. The fourth-order valence-electron chi connectivity index (χ4n) is 1.94. The second-order valence-corrected chi connectivity index (χ2v) is 6.93. The molecule has 0 aromatic heterocycles. The molecule has 0 atom stereocenters. The molecule has 0 amide bonds. The minimum absolute atomic E-state index is 0.0189. The van der Waals surface area contributed by atoms with Gasteiger partial charge in [-0.15, -0.1) is 0 Å². The Kier molecular flexibility index (Phi) is 3.85. The van der Waals surface area contributed by atoms with Crippen LogP contribution in [0, 0.1) is 0 Å². The number of hydrogen-bond donors (Lipinski definition) is 1. The first kappa shape index (κ1) is 14.3. The molecule has 0 radical (unpaired) electrons. The molecule has 0 aliphatic heterocycles. The number of rotatable bonds is 4. The summed E-state index contributed by atoms with van der Waals surface area (Å²) in [5, 5.41) is 8.96. The molecular formula is C12H14ClNO4S. The van der Waals surface area contributed by atoms with Gasteiger partial charge >= 0.3 is 5.97 Å². The zero-order valence-corrected chi connectivity index (χ0v) is 11.9. The molecule has 1 aromatic rings. The summed E-state index contributed by atoms with van der Waals surface area (Å²) >= 11 is 5.90. The average molecular weight is 304 g/mol. The highest BCUT2D eigenvalue weighted by molar-refractivity contribution is 7.89. The standard InChI is InChI=1S/C12H14ClNO4S/c1-14(9-3-2-4-9)19(17,18)11-7-8(12(15)16)5-6-10(11)13/h5-7,9H,2-4H2,1H3,(H,15,16). The second kappa shape index (κ2) is 5.11. The summed E-state index contributed by atoms with van der Waals surface area (Å²) in [6.07, 6.45) is 2.66. The van der Waals surface area contributed by atoms with Gasteiger partial charge in [0.1, 0.15) is 4.90 Å². The number of benzene rings is 1. The van der Waals surface area contributed by atoms with E-state index in [1.165, 1.54) is 23.5 Å². The Bertz CT molecular complexity index is 610. The molecule has 0 spiro atoms. The maximum Gasteiger partial charge on any atom is 0.335 e. The van der Waals surface area contributed by atoms with Crippen molar-refractivity contribution in [3.63, 3.8) is 0 Å². The van der Waals surface area contributed by atoms with E-state index in [0.29, 0.717) is 0 Å². The molecule has 5 nitrogen and oxygen atoms in total. The van der Waals surface area contributed by atoms with E-state index in [4.69, 9.17) is 16.7 Å². The van der Waals surface area contributed by atoms with E-state index in [-0.39, 0.29) is 21.5 Å². The Morgan fingerprint density at radius 3 is 2.53 bits per heavy atom. The number of hydrogen-bond acceptors (Lipinski definition) is 3. The fourth-order valence-corrected chi connectivity index (χ4v) is 3.85. The summed E-state index contributed by atoms with van der Waals surface area (Å²) in [4.78, 5) is 10.8. The van der Waals surface area contributed by atoms with Gasteiger partial charge in [-0.25, -0.2) is 13.2 Å². The number of carboxylic acids is 1. The van der Waals surface area contributed by atoms with Gasteiger partial charge in [-0.3, -0.25) is 0 Å². The van der Waals surface area contributed by atoms with Crippen LogP contribution in [0.3, 0.4) is 0 Å². The van der Waals surface area contributed by atoms with Crippen molar-refractivity contribution < 1.29 is 18.3 Å². The predicted octanol–water partition coefficient (Wildman–Crippen LogP) is 2.21. The monoisotopic (exact) mass is 303 g/mol. The topological polar surface area (TPSA) is 74.7 Å². The third-order valence-electron chi connectivity index (χ3n) is 3.42. The molecule has 104 valence electrons. The summed E-state index contributed by atoms with van der Waals surface area (Å²) in [5.41, 5.74) is -0.0926. The molecule has 19 heavy (non-hydrogen) atoms. The lowest BCUT2D eigenvalue weighted by Gasteiger charge is -2.33. The van der Waals surface area contributed by atoms with Crippen molar-refractivity contribution in [2.24, 2.45) is 0 Å². The van der Waals surface area contributed by atoms with Gasteiger partial charge in [0.05, 0.1) is 10.6 Å². The molecule has 1 aliphatic rings. The molecule has 0 bridgehead atoms. The molecule has 1 aliphatic carbocycles. The molecular weight excluding hydrogens is 290 g/mol. The van der Waals surface area contributed by atoms with Gasteiger partial charge < -0.3 is 5.11 Å². The Morgan fingerprint density at radius 1 is 1.42 bits per heavy atom. The SMILES string of the molecule is CN(C1CCC1)S(=O)(=O)c1cc(C(=O)O)ccc1Cl. The highest BCUT2D eigenvalue weighted by Crippen LogP contribution is 2.31. The number of aromatic carboxylic acids is 1. The largest absolute Gasteiger partial charge is 0.478 e. The highest BCUT2D eigenvalue weighted by Gasteiger charge is 2.33. The average Bonchev–Trinajstić information content (AvgIpc) is 2.26. The summed E-state index contributed by atoms with van der Waals surface area (Å²) < 4.78 is 26.1. The Balaban J connectivity index is 2.44. The van der Waals surface area contributed by atoms with Gasteiger partial charge in [0, 0.05) is 13.1 Å². The number of carbonyl (C=O) groups is 1. The van der Waals surface area contributed by atoms with Crippen molar-refractivity contribution >= 4 is 27.6 Å². The lowest BCUT2D eigenvalue weighted by Crippen LogP contribution is -2.41. The minimum atomic E-state index is -3.75. The summed E-state index contributed by atoms with van der Waals surface area (Å²) in [7, 11) is -2.24. The lowest BCUT2D eigenvalue weighted by molar-refractivity contribution is 0.0696. The Hall–Kier alpha value is -1.11. The van der Waals surface area contributed by atoms with Gasteiger partial charge in [-0.05, 0) is 31.0 Å². The molecule has 1 N–H and O–H groups in total. The van der Waals surface area contributed by atoms with E-state index in [2.05, 4.69) is 0 Å². The van der Waals surface area contributed by atoms with Gasteiger partial charge in [-0.1, -0.05) is 18.0 Å². The van der Waals surface area contributed by atoms with Crippen LogP contribution in [0.25, 0.3) is 0 Å². The normalized spacial score (nSPS) is 16.4. The molecule has 1 saturated carbocycles. The quantitative estimate of drug-likeness (QED) is 0.925. The number of carboxylic acid groups (broad SMARTS) is 1. The molecule has 1 aromatic carbocycles. The van der Waals surface area contributed by atoms with E-state index >= 15 is 0 Å². The van der Waals surface area contributed by atoms with Crippen LogP contribution in [0.5, 0.6) is 0 Å². The summed E-state index contributed by atoms with van der Waals surface area (Å²) in [5.74, 6) is -1.18. The van der Waals surface area contributed by atoms with Crippen LogP contribution in [0.2, 0.25) is 5.02 Å². The first-order valence-corrected chi connectivity index (χ1v) is 7.66. The van der Waals surface area contributed by atoms with E-state index in [1.54, 1.807) is 0 Å². The molecule has 1 fully saturated rings. The van der Waals surface area contributed by atoms with E-state index < -0.39 is 16.0 Å². The molecule has 0 unspecified atom stereocenters. The smallest absolute Gasteiger partial charge is 0.335 e. The van der Waals surface area contributed by atoms with Crippen LogP contribution in [-0.4, -0.2) is 36.9 Å². The zero-order chi connectivity index (χ0) is 14.2. The molecule has 0 saturated heterocycles. The van der Waals surface area contributed by atoms with Crippen LogP contribution < -0.4 is 0 Å². The first-order valence-electron chi connectivity index (χ1n) is 5.85. The van der Waals surface area contributed by atoms with Crippen molar-refractivity contribution in [3.05, 3.63) is 28.8 Å². The number of nitrogens with zero attached hydrogens (tertiary/aromatic N) is 1. The maximum absolute atomic E-state index is 12.4. The van der Waals surface area contributed by atoms with Crippen LogP contribution in [0.4, 0.5) is 0 Å². The second-order valence-electron chi connectivity index (χ2n) is 4.56. The highest BCUT2D eigenvalue weighted by atomic mass is 35.5. The van der Waals surface area contributed by atoms with E-state index in [9.17, 15) is 13.2 Å². The van der Waals surface area contributed by atoms with Gasteiger partial charge in [-0.2, -0.15) is 4.31 Å². The van der Waals surface area contributed by atoms with Crippen LogP contribution >= 0.6 is 11.6 Å². The molecule has 0 heterocycles. The Labute approximate surface area is 116 Å². The third-order valence-corrected chi connectivity index (χ3v) is 5.82. The maximum atomic E-state index is 12.4. The number of sulfonamides is 1. The van der Waals surface area contributed by atoms with E-state index in [0.717, 1.165) is 25.3 Å². The van der Waals surface area contributed by atoms with E-state index in [1.807, 2.05) is 0 Å². The van der Waals surface area contributed by atoms with Gasteiger partial charge in [0.2, 0.25) is 10.0 Å². The Morgan fingerprint density at radius 2 is 2.05 bits per heavy atom. The van der Waals surface area contributed by atoms with Crippen LogP contribution in [-0.2, 0) is 10.0 Å². The van der Waals surface area contributed by atoms with Crippen LogP contribution in [0.15, 0.2) is 23.1 Å². The molecule has 2 rings (SSSR count). The third kappa shape index (κ3) is 2.61. The number of halogens is 1. The van der Waals surface area contributed by atoms with Crippen molar-refractivity contribution in [1.82, 2.24) is 4.31 Å². The van der Waals surface area contributed by atoms with Crippen molar-refractivity contribution in [3.8, 4) is 0 Å². The fraction of sp³-hybridized carbons (Fsp3) is 0.417. The molecule has 7 heteroatoms. The van der Waals surface area contributed by atoms with Gasteiger partial charge in [0.25, 0.3) is 0 Å². The first-order chi connectivity index (χ1) is 8.84. The summed E-state index contributed by atoms with van der Waals surface area (Å²) in [6, 6.07) is 3.67.